The van der Waals surface area contributed by atoms with E-state index in [1.165, 1.54) is 85.7 Å². The van der Waals surface area contributed by atoms with Crippen molar-refractivity contribution in [2.75, 3.05) is 126 Å². The highest BCUT2D eigenvalue weighted by Gasteiger charge is 2.51. The lowest BCUT2D eigenvalue weighted by molar-refractivity contribution is -0.911. The SMILES string of the molecule is CC(C)=CCN.CI.CO[C@H]1C(O)[C@@H](CO)O[C@H]1n1cc(CN(CC=C(C)C)C(=O)C(F)(F)F)c(=O)[nH]c1=O.CO[C@H]1C(O)[C@@H](CO)O[C@H]1n1cc(CN2CCCC2)c(=O)[nH]c1=O.CO[C@H]1C(O)[C@@H](CO)O[C@H]1n1cc(CNCC=C(C)C)c(=O)[nH]c1=O.CO[C@H]1C(O)[C@@H](CO)O[C@H]1n1cc(C[N+]2(C)CCCC2)c(=O)[nH]c1=O.CO[C@H]1C(O)[C@@H](CO)O[C@H]1n1ccc(=O)[nH]c1=O.[2HH].[I-]. The molecule has 1 amide bonds. The molecular weight excluding hydrogens is 1990 g/mol. The second kappa shape index (κ2) is 54.4. The number of likely N-dealkylation sites (tertiary alicyclic amines) is 2. The first-order valence-corrected chi connectivity index (χ1v) is 43.9. The van der Waals surface area contributed by atoms with E-state index in [-0.39, 0.29) is 37.5 Å². The number of H-pyrrole nitrogens is 5. The maximum Gasteiger partial charge on any atom is 0.471 e. The van der Waals surface area contributed by atoms with E-state index in [2.05, 4.69) is 59.8 Å². The summed E-state index contributed by atoms with van der Waals surface area (Å²) in [7, 11) is 8.86. The summed E-state index contributed by atoms with van der Waals surface area (Å²) in [6.45, 7) is 14.3. The van der Waals surface area contributed by atoms with Gasteiger partial charge < -0.3 is 143 Å². The Hall–Kier alpha value is -7.62. The second-order valence-electron chi connectivity index (χ2n) is 32.3. The lowest BCUT2D eigenvalue weighted by atomic mass is 10.1. The molecule has 0 bridgehead atoms. The van der Waals surface area contributed by atoms with Crippen molar-refractivity contribution in [2.45, 2.75) is 222 Å². The number of halogens is 5. The Labute approximate surface area is 786 Å². The fourth-order valence-electron chi connectivity index (χ4n) is 15.2. The summed E-state index contributed by atoms with van der Waals surface area (Å²) in [5.41, 5.74) is 2.83. The number of aromatic amines is 5. The van der Waals surface area contributed by atoms with Crippen molar-refractivity contribution in [3.63, 3.8) is 0 Å². The molecule has 0 spiro atoms. The number of aliphatic hydroxyl groups excluding tert-OH is 10. The Morgan fingerprint density at radius 3 is 1.15 bits per heavy atom. The van der Waals surface area contributed by atoms with Crippen molar-refractivity contribution in [3.8, 4) is 0 Å². The molecule has 5 unspecified atom stereocenters. The Morgan fingerprint density at radius 1 is 0.508 bits per heavy atom. The van der Waals surface area contributed by atoms with Gasteiger partial charge in [-0.15, -0.1) is 0 Å². The van der Waals surface area contributed by atoms with E-state index in [1.807, 2.05) is 49.8 Å². The van der Waals surface area contributed by atoms with Crippen LogP contribution in [-0.2, 0) is 78.3 Å². The molecule has 20 atom stereocenters. The molecule has 132 heavy (non-hydrogen) atoms. The number of nitrogens with zero attached hydrogens (tertiary/aromatic N) is 8. The number of hydrogen-bond donors (Lipinski definition) is 17. The molecule has 7 aliphatic heterocycles. The van der Waals surface area contributed by atoms with Gasteiger partial charge in [-0.25, -0.2) is 24.0 Å². The Bertz CT molecular complexity index is 5200. The minimum Gasteiger partial charge on any atom is -1.00 e. The number of ether oxygens (including phenoxy) is 10. The first-order chi connectivity index (χ1) is 62.1. The smallest absolute Gasteiger partial charge is 0.471 e. The van der Waals surface area contributed by atoms with Crippen LogP contribution < -0.4 is 91.3 Å². The summed E-state index contributed by atoms with van der Waals surface area (Å²) >= 11 is 2.15. The van der Waals surface area contributed by atoms with E-state index >= 15 is 0 Å². The number of amides is 1. The number of methoxy groups -OCH3 is 5. The molecule has 0 saturated carbocycles. The van der Waals surface area contributed by atoms with E-state index in [0.717, 1.165) is 83.3 Å². The van der Waals surface area contributed by atoms with Crippen LogP contribution in [-0.4, -0.2) is 343 Å². The van der Waals surface area contributed by atoms with E-state index in [1.54, 1.807) is 13.8 Å². The zero-order valence-electron chi connectivity index (χ0n) is 75.5. The van der Waals surface area contributed by atoms with Crippen LogP contribution in [0.3, 0.4) is 0 Å². The second-order valence-corrected chi connectivity index (χ2v) is 32.3. The topological polar surface area (TPSA) is 631 Å². The molecule has 12 heterocycles. The van der Waals surface area contributed by atoms with Gasteiger partial charge in [-0.3, -0.25) is 81.4 Å². The molecule has 7 fully saturated rings. The lowest BCUT2D eigenvalue weighted by Crippen LogP contribution is -3.00. The molecular formula is C81H128F3I2N15O31. The summed E-state index contributed by atoms with van der Waals surface area (Å²) in [4.78, 5) is 147. The minimum atomic E-state index is -5.16. The third kappa shape index (κ3) is 30.4. The summed E-state index contributed by atoms with van der Waals surface area (Å²) < 4.78 is 98.7. The number of nitrogens with two attached hydrogens (primary N) is 1. The van der Waals surface area contributed by atoms with Crippen LogP contribution in [0.2, 0.25) is 0 Å². The molecule has 5 aromatic heterocycles. The van der Waals surface area contributed by atoms with Crippen molar-refractivity contribution in [1.29, 1.82) is 0 Å². The fraction of sp³-hybridized carbons (Fsp3) is 0.667. The molecule has 18 N–H and O–H groups in total. The van der Waals surface area contributed by atoms with Crippen LogP contribution in [0.5, 0.6) is 0 Å². The van der Waals surface area contributed by atoms with Gasteiger partial charge in [-0.1, -0.05) is 57.5 Å². The van der Waals surface area contributed by atoms with E-state index in [4.69, 9.17) is 58.2 Å². The number of carbonyl (C=O) groups excluding carboxylic acids is 1. The summed E-state index contributed by atoms with van der Waals surface area (Å²) in [6.07, 6.45) is -8.20. The quantitative estimate of drug-likeness (QED) is 0.00727. The Morgan fingerprint density at radius 2 is 0.826 bits per heavy atom. The van der Waals surface area contributed by atoms with Crippen LogP contribution in [0.1, 0.15) is 122 Å². The minimum absolute atomic E-state index is 0. The van der Waals surface area contributed by atoms with Gasteiger partial charge in [-0.2, -0.15) is 13.2 Å². The van der Waals surface area contributed by atoms with Crippen LogP contribution in [0.25, 0.3) is 0 Å². The molecule has 0 aromatic carbocycles. The fourth-order valence-corrected chi connectivity index (χ4v) is 15.2. The predicted molar refractivity (Wildman–Crippen MR) is 472 cm³/mol. The van der Waals surface area contributed by atoms with Crippen LogP contribution in [0.15, 0.2) is 120 Å². The van der Waals surface area contributed by atoms with Crippen molar-refractivity contribution >= 4 is 28.5 Å². The third-order valence-electron chi connectivity index (χ3n) is 22.1. The van der Waals surface area contributed by atoms with Gasteiger partial charge in [-0.05, 0) is 72.4 Å². The molecule has 0 radical (unpaired) electrons. The lowest BCUT2D eigenvalue weighted by Gasteiger charge is -2.29. The van der Waals surface area contributed by atoms with Gasteiger partial charge in [0.2, 0.25) is 0 Å². The molecule has 0 aliphatic carbocycles. The average molecular weight is 2120 g/mol. The molecule has 7 aliphatic rings. The van der Waals surface area contributed by atoms with Crippen LogP contribution in [0, 0.1) is 0 Å². The van der Waals surface area contributed by atoms with Gasteiger partial charge in [0, 0.05) is 131 Å². The zero-order chi connectivity index (χ0) is 97.8. The van der Waals surface area contributed by atoms with E-state index < -0.39 is 237 Å². The summed E-state index contributed by atoms with van der Waals surface area (Å²) in [5, 5.41) is 99.7. The predicted octanol–water partition coefficient (Wildman–Crippen LogP) is -7.53. The Kier molecular flexibility index (Phi) is 47.3. The normalized spacial score (nSPS) is 26.8. The number of rotatable bonds is 28. The number of aromatic nitrogens is 10. The van der Waals surface area contributed by atoms with E-state index in [0.29, 0.717) is 53.3 Å². The highest BCUT2D eigenvalue weighted by atomic mass is 127. The van der Waals surface area contributed by atoms with Gasteiger partial charge in [0.15, 0.2) is 31.1 Å². The molecule has 51 heteroatoms. The Balaban J connectivity index is 0.000000341. The first kappa shape index (κ1) is 115. The number of quaternary nitrogens is 1. The van der Waals surface area contributed by atoms with Crippen LogP contribution in [0.4, 0.5) is 13.2 Å². The van der Waals surface area contributed by atoms with Gasteiger partial charge in [0.1, 0.15) is 98.1 Å². The highest BCUT2D eigenvalue weighted by molar-refractivity contribution is 14.1. The molecule has 748 valence electrons. The van der Waals surface area contributed by atoms with Gasteiger partial charge in [0.25, 0.3) is 27.8 Å². The van der Waals surface area contributed by atoms with Crippen molar-refractivity contribution < 1.29 is 146 Å². The molecule has 12 rings (SSSR count). The van der Waals surface area contributed by atoms with Gasteiger partial charge >= 0.3 is 40.5 Å². The summed E-state index contributed by atoms with van der Waals surface area (Å²) in [5.74, 6) is -2.15. The van der Waals surface area contributed by atoms with Gasteiger partial charge in [0.05, 0.1) is 70.8 Å². The number of alkyl halides is 4. The van der Waals surface area contributed by atoms with Crippen molar-refractivity contribution in [2.24, 2.45) is 5.73 Å². The van der Waals surface area contributed by atoms with Crippen molar-refractivity contribution in [3.05, 3.63) is 198 Å². The first-order valence-electron chi connectivity index (χ1n) is 41.7. The number of aliphatic hydroxyl groups is 10. The molecule has 46 nitrogen and oxygen atoms in total. The average Bonchev–Trinajstić information content (AvgIpc) is 1.67. The van der Waals surface area contributed by atoms with Crippen molar-refractivity contribution in [1.82, 2.24) is 62.9 Å². The summed E-state index contributed by atoms with van der Waals surface area (Å²) in [6, 6.07) is 1.16. The number of nitrogens with one attached hydrogen (secondary N) is 6. The van der Waals surface area contributed by atoms with Crippen LogP contribution >= 0.6 is 22.6 Å². The number of hydrogen-bond acceptors (Lipinski definition) is 34. The zero-order valence-corrected chi connectivity index (χ0v) is 79.8. The maximum absolute atomic E-state index is 13.0. The molecule has 5 aromatic rings. The van der Waals surface area contributed by atoms with E-state index in [9.17, 15) is 112 Å². The largest absolute Gasteiger partial charge is 1.00 e. The highest BCUT2D eigenvalue weighted by Crippen LogP contribution is 2.36. The third-order valence-corrected chi connectivity index (χ3v) is 22.1. The molecule has 7 saturated heterocycles. The number of carbonyl (C=O) groups is 1. The monoisotopic (exact) mass is 2120 g/mol. The maximum atomic E-state index is 13.0. The standard InChI is InChI=1S/C18H24F3N3O7.2C16H25N3O6.C15H23N3O6.C10H14N2O6.C5H11N.CH3I.HI.H2/c1-9(2)4-5-23(16(28)18(19,20)21)6-10-7-24(17(29)22-14(10)27)15-13(30-3)12(26)11(8-25)31-15;1-19(5-3-4-6-19)8-10-7-18(16(23)17-14(10)22)15-13(24-2)12(21)11(9-20)25-15;1-9(2)4-5-17-6-10-7-19(16(23)18-14(10)22)15-13(24-3)12(21)11(8-20)25-15;1-23-12-11(20)10(8-19)24-14(12)18-7-9(13(21)16-15(18)22)6-17-4-2-3-5-17;1-17-8-7(15)5(4-13)18-9(8)12-3-2-6(14)11-10(12)16;1-5(2)3-4-6;1-2;;/h4,7,11-13,15,25-26H,5-6,8H2,1-3H3,(H,22,27,29);7,11-13,15,20-21H,3-6,8-9H2,1-2H3;4,7,11-13,15,17,20-21H,5-6,8H2,1-3H3,(H,18,22,23);7,10-12,14,19-20H,2-6,8H2,1H3,(H,16,21,22);2-3,5,7-9,13,15H,4H2,1H3,(H,11,14,16);3H,4,6H2,1-2H3;1H3;2*1H/t3*11-,12?,13+,15-;10-,11?,12+,14-;5-,7?,8+,9-;;;;/m11111..../s1/i;;;;;;;;1+1. The number of allylic oxidation sites excluding steroid dienone is 3.